The van der Waals surface area contributed by atoms with Crippen molar-refractivity contribution in [3.8, 4) is 0 Å². The molecule has 1 heterocycles. The number of hydrogen-bond acceptors (Lipinski definition) is 4. The summed E-state index contributed by atoms with van der Waals surface area (Å²) < 4.78 is 39.6. The number of aromatic carboxylic acids is 1. The first kappa shape index (κ1) is 14.5. The van der Waals surface area contributed by atoms with Crippen LogP contribution in [0.5, 0.6) is 0 Å². The van der Waals surface area contributed by atoms with Crippen molar-refractivity contribution in [2.24, 2.45) is 0 Å². The molecule has 0 unspecified atom stereocenters. The highest BCUT2D eigenvalue weighted by Crippen LogP contribution is 2.26. The van der Waals surface area contributed by atoms with Crippen molar-refractivity contribution in [2.45, 2.75) is 11.8 Å². The second-order valence-electron chi connectivity index (χ2n) is 3.98. The lowest BCUT2D eigenvalue weighted by atomic mass is 10.2. The third-order valence-corrected chi connectivity index (χ3v) is 4.96. The Morgan fingerprint density at radius 3 is 2.65 bits per heavy atom. The van der Waals surface area contributed by atoms with Gasteiger partial charge in [-0.1, -0.05) is 0 Å². The van der Waals surface area contributed by atoms with Gasteiger partial charge in [-0.2, -0.15) is 0 Å². The number of anilines is 1. The van der Waals surface area contributed by atoms with E-state index in [2.05, 4.69) is 4.72 Å². The molecule has 0 aliphatic heterocycles. The fourth-order valence-electron chi connectivity index (χ4n) is 1.67. The van der Waals surface area contributed by atoms with Crippen LogP contribution in [-0.4, -0.2) is 19.5 Å². The molecule has 0 radical (unpaired) electrons. The molecule has 20 heavy (non-hydrogen) atoms. The summed E-state index contributed by atoms with van der Waals surface area (Å²) in [6.07, 6.45) is 0. The monoisotopic (exact) mass is 315 g/mol. The van der Waals surface area contributed by atoms with Crippen molar-refractivity contribution in [1.29, 1.82) is 0 Å². The van der Waals surface area contributed by atoms with Gasteiger partial charge in [0, 0.05) is 0 Å². The summed E-state index contributed by atoms with van der Waals surface area (Å²) in [6, 6.07) is 4.64. The number of halogens is 1. The van der Waals surface area contributed by atoms with E-state index in [0.29, 0.717) is 0 Å². The Hall–Kier alpha value is -1.93. The van der Waals surface area contributed by atoms with Gasteiger partial charge in [-0.15, -0.1) is 11.3 Å². The quantitative estimate of drug-likeness (QED) is 0.908. The van der Waals surface area contributed by atoms with Crippen LogP contribution in [0.4, 0.5) is 10.1 Å². The second-order valence-corrected chi connectivity index (χ2v) is 6.55. The molecule has 0 atom stereocenters. The van der Waals surface area contributed by atoms with Crippen LogP contribution >= 0.6 is 11.3 Å². The van der Waals surface area contributed by atoms with Crippen LogP contribution in [-0.2, 0) is 10.0 Å². The minimum atomic E-state index is -3.96. The first-order valence-electron chi connectivity index (χ1n) is 5.41. The van der Waals surface area contributed by atoms with E-state index in [1.807, 2.05) is 0 Å². The number of carboxylic acids is 1. The van der Waals surface area contributed by atoms with E-state index in [9.17, 15) is 17.6 Å². The molecule has 0 saturated carbocycles. The van der Waals surface area contributed by atoms with E-state index >= 15 is 0 Å². The van der Waals surface area contributed by atoms with Crippen LogP contribution in [0.25, 0.3) is 0 Å². The molecule has 2 N–H and O–H groups in total. The maximum Gasteiger partial charge on any atom is 0.348 e. The molecule has 0 bridgehead atoms. The predicted molar refractivity (Wildman–Crippen MR) is 73.2 cm³/mol. The van der Waals surface area contributed by atoms with Gasteiger partial charge in [0.2, 0.25) is 0 Å². The minimum Gasteiger partial charge on any atom is -0.477 e. The van der Waals surface area contributed by atoms with E-state index in [4.69, 9.17) is 5.11 Å². The lowest BCUT2D eigenvalue weighted by Gasteiger charge is -2.10. The number of hydrogen-bond donors (Lipinski definition) is 2. The molecule has 2 rings (SSSR count). The number of carbonyl (C=O) groups is 1. The van der Waals surface area contributed by atoms with Crippen molar-refractivity contribution >= 4 is 33.0 Å². The van der Waals surface area contributed by atoms with Gasteiger partial charge >= 0.3 is 5.97 Å². The molecule has 2 aromatic rings. The largest absolute Gasteiger partial charge is 0.477 e. The standard InChI is InChI=1S/C12H10FNO4S2/c1-7-6-8(13)2-3-10(7)20(17,18)14-9-4-5-19-11(9)12(15)16/h2-6,14H,1H3,(H,15,16). The second kappa shape index (κ2) is 5.22. The first-order valence-corrected chi connectivity index (χ1v) is 7.77. The summed E-state index contributed by atoms with van der Waals surface area (Å²) in [6.45, 7) is 1.46. The van der Waals surface area contributed by atoms with E-state index in [1.165, 1.54) is 18.4 Å². The fourth-order valence-corrected chi connectivity index (χ4v) is 3.72. The molecule has 0 spiro atoms. The molecule has 1 aromatic heterocycles. The van der Waals surface area contributed by atoms with Gasteiger partial charge in [-0.3, -0.25) is 4.72 Å². The highest BCUT2D eigenvalue weighted by Gasteiger charge is 2.21. The molecule has 0 saturated heterocycles. The summed E-state index contributed by atoms with van der Waals surface area (Å²) in [7, 11) is -3.96. The van der Waals surface area contributed by atoms with Crippen LogP contribution in [0.2, 0.25) is 0 Å². The fraction of sp³-hybridized carbons (Fsp3) is 0.0833. The first-order chi connectivity index (χ1) is 9.31. The van der Waals surface area contributed by atoms with Gasteiger partial charge in [0.15, 0.2) is 0 Å². The number of carboxylic acid groups (broad SMARTS) is 1. The van der Waals surface area contributed by atoms with E-state index in [1.54, 1.807) is 0 Å². The smallest absolute Gasteiger partial charge is 0.348 e. The molecule has 0 fully saturated rings. The minimum absolute atomic E-state index is 0.00812. The molecular formula is C12H10FNO4S2. The van der Waals surface area contributed by atoms with Crippen LogP contribution in [0.3, 0.4) is 0 Å². The van der Waals surface area contributed by atoms with E-state index in [0.717, 1.165) is 29.5 Å². The van der Waals surface area contributed by atoms with Gasteiger partial charge in [0.05, 0.1) is 10.6 Å². The Morgan fingerprint density at radius 2 is 2.05 bits per heavy atom. The van der Waals surface area contributed by atoms with Crippen molar-refractivity contribution in [1.82, 2.24) is 0 Å². The molecule has 8 heteroatoms. The number of sulfonamides is 1. The molecule has 1 aromatic carbocycles. The van der Waals surface area contributed by atoms with Gasteiger partial charge < -0.3 is 5.11 Å². The molecule has 0 amide bonds. The summed E-state index contributed by atoms with van der Waals surface area (Å²) in [5.41, 5.74) is 0.232. The van der Waals surface area contributed by atoms with E-state index in [-0.39, 0.29) is 21.0 Å². The van der Waals surface area contributed by atoms with Crippen LogP contribution in [0.1, 0.15) is 15.2 Å². The molecule has 0 aliphatic rings. The van der Waals surface area contributed by atoms with Crippen molar-refractivity contribution in [2.75, 3.05) is 4.72 Å². The zero-order chi connectivity index (χ0) is 14.9. The van der Waals surface area contributed by atoms with Gasteiger partial charge in [0.25, 0.3) is 10.0 Å². The Kier molecular flexibility index (Phi) is 3.78. The molecular weight excluding hydrogens is 305 g/mol. The van der Waals surface area contributed by atoms with Crippen molar-refractivity contribution in [3.05, 3.63) is 45.9 Å². The van der Waals surface area contributed by atoms with Crippen LogP contribution < -0.4 is 4.72 Å². The summed E-state index contributed by atoms with van der Waals surface area (Å²) in [5.74, 6) is -1.75. The van der Waals surface area contributed by atoms with Crippen molar-refractivity contribution < 1.29 is 22.7 Å². The zero-order valence-electron chi connectivity index (χ0n) is 10.3. The Balaban J connectivity index is 2.41. The number of nitrogens with one attached hydrogen (secondary N) is 1. The van der Waals surface area contributed by atoms with Gasteiger partial charge in [0.1, 0.15) is 10.7 Å². The average molecular weight is 315 g/mol. The normalized spacial score (nSPS) is 11.3. The molecule has 5 nitrogen and oxygen atoms in total. The predicted octanol–water partition coefficient (Wildman–Crippen LogP) is 2.69. The summed E-state index contributed by atoms with van der Waals surface area (Å²) >= 11 is 0.914. The zero-order valence-corrected chi connectivity index (χ0v) is 11.9. The number of rotatable bonds is 4. The summed E-state index contributed by atoms with van der Waals surface area (Å²) in [5, 5.41) is 10.4. The van der Waals surface area contributed by atoms with E-state index < -0.39 is 21.8 Å². The van der Waals surface area contributed by atoms with Crippen molar-refractivity contribution in [3.63, 3.8) is 0 Å². The van der Waals surface area contributed by atoms with Crippen LogP contribution in [0.15, 0.2) is 34.5 Å². The number of aryl methyl sites for hydroxylation is 1. The third kappa shape index (κ3) is 2.81. The summed E-state index contributed by atoms with van der Waals surface area (Å²) in [4.78, 5) is 10.7. The average Bonchev–Trinajstić information content (AvgIpc) is 2.75. The Bertz CT molecular complexity index is 768. The van der Waals surface area contributed by atoms with Crippen LogP contribution in [0, 0.1) is 12.7 Å². The SMILES string of the molecule is Cc1cc(F)ccc1S(=O)(=O)Nc1ccsc1C(=O)O. The van der Waals surface area contributed by atoms with Gasteiger partial charge in [-0.25, -0.2) is 17.6 Å². The highest BCUT2D eigenvalue weighted by atomic mass is 32.2. The lowest BCUT2D eigenvalue weighted by molar-refractivity contribution is 0.0703. The third-order valence-electron chi connectivity index (χ3n) is 2.53. The Labute approximate surface area is 118 Å². The Morgan fingerprint density at radius 1 is 1.35 bits per heavy atom. The number of thiophene rings is 1. The number of benzene rings is 1. The topological polar surface area (TPSA) is 83.5 Å². The maximum absolute atomic E-state index is 13.0. The highest BCUT2D eigenvalue weighted by molar-refractivity contribution is 7.92. The maximum atomic E-state index is 13.0. The van der Waals surface area contributed by atoms with Gasteiger partial charge in [-0.05, 0) is 42.1 Å². The molecule has 0 aliphatic carbocycles. The lowest BCUT2D eigenvalue weighted by Crippen LogP contribution is -2.15. The molecule has 106 valence electrons.